The Morgan fingerprint density at radius 3 is 2.48 bits per heavy atom. The Bertz CT molecular complexity index is 417. The summed E-state index contributed by atoms with van der Waals surface area (Å²) in [5, 5.41) is 8.94. The van der Waals surface area contributed by atoms with Crippen molar-refractivity contribution < 1.29 is 14.6 Å². The maximum atomic E-state index is 10.9. The van der Waals surface area contributed by atoms with Gasteiger partial charge in [0, 0.05) is 13.1 Å². The predicted octanol–water partition coefficient (Wildman–Crippen LogP) is 3.06. The summed E-state index contributed by atoms with van der Waals surface area (Å²) < 4.78 is 5.71. The smallest absolute Gasteiger partial charge is 0.307 e. The minimum atomic E-state index is -0.735. The molecule has 1 rings (SSSR count). The molecule has 0 heterocycles. The van der Waals surface area contributed by atoms with Crippen molar-refractivity contribution in [1.82, 2.24) is 4.90 Å². The molecule has 1 unspecified atom stereocenters. The van der Waals surface area contributed by atoms with E-state index in [9.17, 15) is 4.79 Å². The molecule has 118 valence electrons. The molecule has 21 heavy (non-hydrogen) atoms. The van der Waals surface area contributed by atoms with Crippen LogP contribution in [0.5, 0.6) is 5.75 Å². The minimum absolute atomic E-state index is 0.326. The lowest BCUT2D eigenvalue weighted by Gasteiger charge is -2.22. The number of nitrogens with zero attached hydrogens (tertiary/aromatic N) is 1. The second-order valence-corrected chi connectivity index (χ2v) is 5.33. The average Bonchev–Trinajstić information content (AvgIpc) is 2.50. The third-order valence-corrected chi connectivity index (χ3v) is 3.62. The maximum absolute atomic E-state index is 10.9. The molecule has 0 amide bonds. The van der Waals surface area contributed by atoms with Crippen molar-refractivity contribution in [3.63, 3.8) is 0 Å². The fourth-order valence-electron chi connectivity index (χ4n) is 2.14. The quantitative estimate of drug-likeness (QED) is 0.674. The molecular weight excluding hydrogens is 266 g/mol. The lowest BCUT2D eigenvalue weighted by atomic mass is 10.1. The Labute approximate surface area is 127 Å². The van der Waals surface area contributed by atoms with Crippen LogP contribution >= 0.6 is 0 Å². The third-order valence-electron chi connectivity index (χ3n) is 3.62. The van der Waals surface area contributed by atoms with Gasteiger partial charge in [0.1, 0.15) is 5.75 Å². The van der Waals surface area contributed by atoms with Gasteiger partial charge in [-0.15, -0.1) is 0 Å². The first-order chi connectivity index (χ1) is 10.1. The predicted molar refractivity (Wildman–Crippen MR) is 84.8 cm³/mol. The molecule has 4 nitrogen and oxygen atoms in total. The summed E-state index contributed by atoms with van der Waals surface area (Å²) in [7, 11) is 0. The molecule has 1 aromatic rings. The lowest BCUT2D eigenvalue weighted by Crippen LogP contribution is -2.33. The zero-order valence-electron chi connectivity index (χ0n) is 13.3. The Balaban J connectivity index is 2.26. The van der Waals surface area contributed by atoms with Crippen LogP contribution in [0.25, 0.3) is 0 Å². The SMILES string of the molecule is CCc1ccc(OCCCN(CC)CC(C)C(=O)O)cc1. The van der Waals surface area contributed by atoms with E-state index in [2.05, 4.69) is 30.9 Å². The fourth-order valence-corrected chi connectivity index (χ4v) is 2.14. The number of aliphatic carboxylic acids is 1. The topological polar surface area (TPSA) is 49.8 Å². The highest BCUT2D eigenvalue weighted by Gasteiger charge is 2.14. The summed E-state index contributed by atoms with van der Waals surface area (Å²) in [6.45, 7) is 8.91. The molecular formula is C17H27NO3. The van der Waals surface area contributed by atoms with Gasteiger partial charge in [-0.2, -0.15) is 0 Å². The first-order valence-corrected chi connectivity index (χ1v) is 7.73. The summed E-state index contributed by atoms with van der Waals surface area (Å²) in [5.41, 5.74) is 1.31. The molecule has 0 aromatic heterocycles. The normalized spacial score (nSPS) is 12.4. The van der Waals surface area contributed by atoms with Crippen molar-refractivity contribution in [3.8, 4) is 5.75 Å². The van der Waals surface area contributed by atoms with Crippen LogP contribution in [0.3, 0.4) is 0 Å². The molecule has 1 atom stereocenters. The van der Waals surface area contributed by atoms with E-state index in [0.29, 0.717) is 13.2 Å². The Hall–Kier alpha value is -1.55. The van der Waals surface area contributed by atoms with Gasteiger partial charge < -0.3 is 14.7 Å². The summed E-state index contributed by atoms with van der Waals surface area (Å²) in [5.74, 6) is -0.165. The van der Waals surface area contributed by atoms with Gasteiger partial charge in [0.15, 0.2) is 0 Å². The fraction of sp³-hybridized carbons (Fsp3) is 0.588. The number of carboxylic acid groups (broad SMARTS) is 1. The van der Waals surface area contributed by atoms with Crippen molar-refractivity contribution in [3.05, 3.63) is 29.8 Å². The van der Waals surface area contributed by atoms with E-state index in [4.69, 9.17) is 9.84 Å². The van der Waals surface area contributed by atoms with Crippen molar-refractivity contribution in [2.45, 2.75) is 33.6 Å². The van der Waals surface area contributed by atoms with Crippen LogP contribution in [0.4, 0.5) is 0 Å². The number of hydrogen-bond donors (Lipinski definition) is 1. The van der Waals surface area contributed by atoms with E-state index in [1.54, 1.807) is 6.92 Å². The number of benzene rings is 1. The van der Waals surface area contributed by atoms with Crippen LogP contribution in [-0.4, -0.2) is 42.2 Å². The zero-order valence-corrected chi connectivity index (χ0v) is 13.3. The van der Waals surface area contributed by atoms with E-state index in [0.717, 1.165) is 31.7 Å². The van der Waals surface area contributed by atoms with Crippen LogP contribution in [0.1, 0.15) is 32.8 Å². The number of rotatable bonds is 10. The zero-order chi connectivity index (χ0) is 15.7. The summed E-state index contributed by atoms with van der Waals surface area (Å²) in [6, 6.07) is 8.18. The van der Waals surface area contributed by atoms with Crippen molar-refractivity contribution >= 4 is 5.97 Å². The standard InChI is InChI=1S/C17H27NO3/c1-4-15-7-9-16(10-8-15)21-12-6-11-18(5-2)13-14(3)17(19)20/h7-10,14H,4-6,11-13H2,1-3H3,(H,19,20). The van der Waals surface area contributed by atoms with E-state index in [-0.39, 0.29) is 5.92 Å². The molecule has 0 aliphatic heterocycles. The van der Waals surface area contributed by atoms with Crippen molar-refractivity contribution in [2.24, 2.45) is 5.92 Å². The van der Waals surface area contributed by atoms with E-state index >= 15 is 0 Å². The molecule has 1 N–H and O–H groups in total. The summed E-state index contributed by atoms with van der Waals surface area (Å²) in [4.78, 5) is 13.0. The molecule has 4 heteroatoms. The maximum Gasteiger partial charge on any atom is 0.307 e. The molecule has 0 aliphatic rings. The van der Waals surface area contributed by atoms with Gasteiger partial charge in [-0.1, -0.05) is 32.9 Å². The molecule has 0 aliphatic carbocycles. The lowest BCUT2D eigenvalue weighted by molar-refractivity contribution is -0.141. The van der Waals surface area contributed by atoms with E-state index < -0.39 is 5.97 Å². The number of aryl methyl sites for hydroxylation is 1. The molecule has 0 fully saturated rings. The number of hydrogen-bond acceptors (Lipinski definition) is 3. The van der Waals surface area contributed by atoms with Crippen molar-refractivity contribution in [1.29, 1.82) is 0 Å². The second kappa shape index (κ2) is 9.40. The van der Waals surface area contributed by atoms with Gasteiger partial charge in [-0.05, 0) is 37.1 Å². The highest BCUT2D eigenvalue weighted by molar-refractivity contribution is 5.69. The number of carbonyl (C=O) groups is 1. The van der Waals surface area contributed by atoms with Crippen LogP contribution < -0.4 is 4.74 Å². The van der Waals surface area contributed by atoms with E-state index in [1.807, 2.05) is 12.1 Å². The summed E-state index contributed by atoms with van der Waals surface area (Å²) in [6.07, 6.45) is 1.93. The third kappa shape index (κ3) is 6.63. The van der Waals surface area contributed by atoms with Gasteiger partial charge in [-0.25, -0.2) is 0 Å². The molecule has 0 saturated carbocycles. The van der Waals surface area contributed by atoms with Gasteiger partial charge in [0.25, 0.3) is 0 Å². The highest BCUT2D eigenvalue weighted by atomic mass is 16.5. The number of carboxylic acids is 1. The van der Waals surface area contributed by atoms with Crippen LogP contribution in [-0.2, 0) is 11.2 Å². The van der Waals surface area contributed by atoms with Gasteiger partial charge in [0.2, 0.25) is 0 Å². The first-order valence-electron chi connectivity index (χ1n) is 7.73. The van der Waals surface area contributed by atoms with Crippen LogP contribution in [0.2, 0.25) is 0 Å². The number of ether oxygens (including phenoxy) is 1. The first kappa shape index (κ1) is 17.5. The summed E-state index contributed by atoms with van der Waals surface area (Å²) >= 11 is 0. The van der Waals surface area contributed by atoms with E-state index in [1.165, 1.54) is 5.56 Å². The highest BCUT2D eigenvalue weighted by Crippen LogP contribution is 2.12. The van der Waals surface area contributed by atoms with Crippen LogP contribution in [0.15, 0.2) is 24.3 Å². The van der Waals surface area contributed by atoms with Gasteiger partial charge in [-0.3, -0.25) is 4.79 Å². The van der Waals surface area contributed by atoms with Crippen LogP contribution in [0, 0.1) is 5.92 Å². The molecule has 0 radical (unpaired) electrons. The van der Waals surface area contributed by atoms with Gasteiger partial charge in [0.05, 0.1) is 12.5 Å². The molecule has 1 aromatic carbocycles. The minimum Gasteiger partial charge on any atom is -0.494 e. The largest absolute Gasteiger partial charge is 0.494 e. The van der Waals surface area contributed by atoms with Gasteiger partial charge >= 0.3 is 5.97 Å². The molecule has 0 spiro atoms. The Kier molecular flexibility index (Phi) is 7.83. The second-order valence-electron chi connectivity index (χ2n) is 5.33. The average molecular weight is 293 g/mol. The molecule has 0 bridgehead atoms. The monoisotopic (exact) mass is 293 g/mol. The molecule has 0 saturated heterocycles. The Morgan fingerprint density at radius 1 is 1.29 bits per heavy atom. The Morgan fingerprint density at radius 2 is 1.95 bits per heavy atom. The van der Waals surface area contributed by atoms with Crippen molar-refractivity contribution in [2.75, 3.05) is 26.2 Å².